The fraction of sp³-hybridized carbons (Fsp3) is 0.444. The summed E-state index contributed by atoms with van der Waals surface area (Å²) in [6, 6.07) is 15.1. The summed E-state index contributed by atoms with van der Waals surface area (Å²) in [4.78, 5) is 0. The van der Waals surface area contributed by atoms with Gasteiger partial charge in [-0.2, -0.15) is 0 Å². The molecule has 1 fully saturated rings. The van der Waals surface area contributed by atoms with Crippen LogP contribution in [0, 0.1) is 0 Å². The molecule has 0 bridgehead atoms. The van der Waals surface area contributed by atoms with Crippen molar-refractivity contribution in [2.24, 2.45) is 0 Å². The maximum atomic E-state index is 5.93. The molecule has 3 rings (SSSR count). The van der Waals surface area contributed by atoms with E-state index in [2.05, 4.69) is 29.6 Å². The Balaban J connectivity index is 0.00000161. The Hall–Kier alpha value is -1.25. The smallest absolute Gasteiger partial charge is 0.134 e. The number of nitrogens with one attached hydrogen (secondary N) is 1. The van der Waals surface area contributed by atoms with Crippen LogP contribution in [0.4, 0.5) is 0 Å². The molecule has 0 saturated heterocycles. The molecule has 1 saturated carbocycles. The van der Waals surface area contributed by atoms with Crippen LogP contribution in [0.5, 0.6) is 0 Å². The highest BCUT2D eigenvalue weighted by molar-refractivity contribution is 5.85. The summed E-state index contributed by atoms with van der Waals surface area (Å²) in [5.74, 6) is 2.00. The van der Waals surface area contributed by atoms with Crippen molar-refractivity contribution in [1.29, 1.82) is 0 Å². The molecule has 1 heterocycles. The number of hydrogen-bond donors (Lipinski definition) is 1. The van der Waals surface area contributed by atoms with Gasteiger partial charge in [0.1, 0.15) is 11.5 Å². The lowest BCUT2D eigenvalue weighted by Crippen LogP contribution is -2.27. The molecule has 0 atom stereocenters. The van der Waals surface area contributed by atoms with Crippen LogP contribution in [0.25, 0.3) is 11.3 Å². The van der Waals surface area contributed by atoms with Gasteiger partial charge in [0.05, 0.1) is 6.54 Å². The third-order valence-electron chi connectivity index (χ3n) is 4.14. The molecule has 1 aromatic heterocycles. The minimum Gasteiger partial charge on any atom is -0.460 e. The molecule has 0 radical (unpaired) electrons. The highest BCUT2D eigenvalue weighted by atomic mass is 35.5. The van der Waals surface area contributed by atoms with E-state index in [0.717, 1.165) is 23.6 Å². The Kier molecular flexibility index (Phi) is 6.34. The van der Waals surface area contributed by atoms with E-state index in [1.807, 2.05) is 18.2 Å². The highest BCUT2D eigenvalue weighted by Gasteiger charge is 2.12. The van der Waals surface area contributed by atoms with Crippen LogP contribution in [0.15, 0.2) is 46.9 Å². The molecular formula is C18H24ClNO. The van der Waals surface area contributed by atoms with E-state index in [-0.39, 0.29) is 12.4 Å². The summed E-state index contributed by atoms with van der Waals surface area (Å²) < 4.78 is 5.93. The first-order valence-corrected chi connectivity index (χ1v) is 7.79. The number of rotatable bonds is 4. The number of furan rings is 1. The maximum Gasteiger partial charge on any atom is 0.134 e. The van der Waals surface area contributed by atoms with E-state index in [4.69, 9.17) is 4.42 Å². The topological polar surface area (TPSA) is 25.2 Å². The minimum atomic E-state index is 0. The van der Waals surface area contributed by atoms with Crippen molar-refractivity contribution in [2.45, 2.75) is 51.1 Å². The van der Waals surface area contributed by atoms with Gasteiger partial charge in [0.15, 0.2) is 0 Å². The second-order valence-electron chi connectivity index (χ2n) is 5.70. The average Bonchev–Trinajstić information content (AvgIpc) is 2.82. The third-order valence-corrected chi connectivity index (χ3v) is 4.14. The molecule has 0 unspecified atom stereocenters. The SMILES string of the molecule is Cl.c1ccc(-c2ccc(CNC3CCCCCC3)o2)cc1. The Bertz CT molecular complexity index is 515. The summed E-state index contributed by atoms with van der Waals surface area (Å²) in [6.07, 6.45) is 8.16. The zero-order valence-corrected chi connectivity index (χ0v) is 13.2. The van der Waals surface area contributed by atoms with Gasteiger partial charge in [-0.1, -0.05) is 56.0 Å². The van der Waals surface area contributed by atoms with Gasteiger partial charge in [0, 0.05) is 11.6 Å². The number of halogens is 1. The molecule has 21 heavy (non-hydrogen) atoms. The average molecular weight is 306 g/mol. The van der Waals surface area contributed by atoms with Gasteiger partial charge in [-0.15, -0.1) is 12.4 Å². The lowest BCUT2D eigenvalue weighted by Gasteiger charge is -2.14. The van der Waals surface area contributed by atoms with Crippen LogP contribution in [0.3, 0.4) is 0 Å². The van der Waals surface area contributed by atoms with Crippen molar-refractivity contribution in [3.05, 3.63) is 48.2 Å². The van der Waals surface area contributed by atoms with Crippen molar-refractivity contribution >= 4 is 12.4 Å². The van der Waals surface area contributed by atoms with Gasteiger partial charge in [0.2, 0.25) is 0 Å². The molecule has 1 N–H and O–H groups in total. The van der Waals surface area contributed by atoms with E-state index < -0.39 is 0 Å². The van der Waals surface area contributed by atoms with Gasteiger partial charge in [-0.05, 0) is 25.0 Å². The van der Waals surface area contributed by atoms with Crippen LogP contribution in [0.2, 0.25) is 0 Å². The molecule has 114 valence electrons. The summed E-state index contributed by atoms with van der Waals surface area (Å²) in [6.45, 7) is 0.845. The van der Waals surface area contributed by atoms with E-state index in [9.17, 15) is 0 Å². The summed E-state index contributed by atoms with van der Waals surface area (Å²) in [5, 5.41) is 3.65. The van der Waals surface area contributed by atoms with Crippen LogP contribution in [-0.4, -0.2) is 6.04 Å². The number of hydrogen-bond acceptors (Lipinski definition) is 2. The van der Waals surface area contributed by atoms with Crippen LogP contribution >= 0.6 is 12.4 Å². The predicted molar refractivity (Wildman–Crippen MR) is 89.7 cm³/mol. The minimum absolute atomic E-state index is 0. The van der Waals surface area contributed by atoms with Crippen molar-refractivity contribution in [1.82, 2.24) is 5.32 Å². The van der Waals surface area contributed by atoms with Gasteiger partial charge in [0.25, 0.3) is 0 Å². The van der Waals surface area contributed by atoms with E-state index >= 15 is 0 Å². The van der Waals surface area contributed by atoms with E-state index in [0.29, 0.717) is 6.04 Å². The van der Waals surface area contributed by atoms with Gasteiger partial charge >= 0.3 is 0 Å². The zero-order valence-electron chi connectivity index (χ0n) is 12.4. The second-order valence-corrected chi connectivity index (χ2v) is 5.70. The van der Waals surface area contributed by atoms with E-state index in [1.54, 1.807) is 0 Å². The molecule has 1 aliphatic rings. The third kappa shape index (κ3) is 4.62. The lowest BCUT2D eigenvalue weighted by atomic mass is 10.1. The normalized spacial score (nSPS) is 16.2. The predicted octanol–water partition coefficient (Wildman–Crippen LogP) is 5.18. The highest BCUT2D eigenvalue weighted by Crippen LogP contribution is 2.22. The van der Waals surface area contributed by atoms with Crippen molar-refractivity contribution in [3.63, 3.8) is 0 Å². The van der Waals surface area contributed by atoms with Crippen LogP contribution in [-0.2, 0) is 6.54 Å². The van der Waals surface area contributed by atoms with Gasteiger partial charge in [-0.3, -0.25) is 0 Å². The largest absolute Gasteiger partial charge is 0.460 e. The fourth-order valence-electron chi connectivity index (χ4n) is 2.96. The molecule has 0 spiro atoms. The zero-order chi connectivity index (χ0) is 13.6. The van der Waals surface area contributed by atoms with Crippen molar-refractivity contribution < 1.29 is 4.42 Å². The monoisotopic (exact) mass is 305 g/mol. The molecule has 2 nitrogen and oxygen atoms in total. The Labute approximate surface area is 133 Å². The number of benzene rings is 1. The standard InChI is InChI=1S/C18H23NO.ClH/c1-2-7-11-16(10-6-1)19-14-17-12-13-18(20-17)15-8-4-3-5-9-15;/h3-5,8-9,12-13,16,19H,1-2,6-7,10-11,14H2;1H. The first-order chi connectivity index (χ1) is 9.92. The van der Waals surface area contributed by atoms with Crippen molar-refractivity contribution in [3.8, 4) is 11.3 Å². The molecule has 1 aromatic carbocycles. The molecular weight excluding hydrogens is 282 g/mol. The Morgan fingerprint density at radius 2 is 1.62 bits per heavy atom. The fourth-order valence-corrected chi connectivity index (χ4v) is 2.96. The summed E-state index contributed by atoms with van der Waals surface area (Å²) >= 11 is 0. The van der Waals surface area contributed by atoms with E-state index in [1.165, 1.54) is 38.5 Å². The molecule has 0 aliphatic heterocycles. The maximum absolute atomic E-state index is 5.93. The lowest BCUT2D eigenvalue weighted by molar-refractivity contribution is 0.420. The Morgan fingerprint density at radius 3 is 2.33 bits per heavy atom. The first-order valence-electron chi connectivity index (χ1n) is 7.79. The van der Waals surface area contributed by atoms with Gasteiger partial charge in [-0.25, -0.2) is 0 Å². The van der Waals surface area contributed by atoms with Crippen molar-refractivity contribution in [2.75, 3.05) is 0 Å². The van der Waals surface area contributed by atoms with Gasteiger partial charge < -0.3 is 9.73 Å². The quantitative estimate of drug-likeness (QED) is 0.787. The van der Waals surface area contributed by atoms with Crippen LogP contribution < -0.4 is 5.32 Å². The molecule has 2 aromatic rings. The van der Waals surface area contributed by atoms with Crippen LogP contribution in [0.1, 0.15) is 44.3 Å². The molecule has 0 amide bonds. The Morgan fingerprint density at radius 1 is 0.905 bits per heavy atom. The second kappa shape index (κ2) is 8.26. The summed E-state index contributed by atoms with van der Waals surface area (Å²) in [5.41, 5.74) is 1.15. The molecule has 3 heteroatoms. The molecule has 1 aliphatic carbocycles. The first kappa shape index (κ1) is 16.1. The summed E-state index contributed by atoms with van der Waals surface area (Å²) in [7, 11) is 0.